The molecular weight excluding hydrogens is 462 g/mol. The third-order valence-corrected chi connectivity index (χ3v) is 7.13. The molecule has 30 heavy (non-hydrogen) atoms. The van der Waals surface area contributed by atoms with Crippen LogP contribution in [0.15, 0.2) is 64.0 Å². The average Bonchev–Trinajstić information content (AvgIpc) is 3.33. The molecule has 2 heterocycles. The number of aryl methyl sites for hydroxylation is 3. The predicted molar refractivity (Wildman–Crippen MR) is 124 cm³/mol. The lowest BCUT2D eigenvalue weighted by molar-refractivity contribution is -0.132. The minimum Gasteiger partial charge on any atom is -0.507 e. The first-order valence-corrected chi connectivity index (χ1v) is 11.1. The first-order valence-electron chi connectivity index (χ1n) is 9.47. The lowest BCUT2D eigenvalue weighted by Crippen LogP contribution is -2.29. The molecular formula is C24H20BrNO3S. The second kappa shape index (κ2) is 7.85. The molecule has 3 aromatic rings. The number of anilines is 1. The first-order chi connectivity index (χ1) is 14.3. The third-order valence-electron chi connectivity index (χ3n) is 5.31. The number of amides is 1. The van der Waals surface area contributed by atoms with E-state index in [1.54, 1.807) is 12.1 Å². The molecule has 4 rings (SSSR count). The Labute approximate surface area is 187 Å². The average molecular weight is 482 g/mol. The van der Waals surface area contributed by atoms with Gasteiger partial charge in [0.2, 0.25) is 0 Å². The van der Waals surface area contributed by atoms with E-state index in [1.165, 1.54) is 16.2 Å². The highest BCUT2D eigenvalue weighted by Crippen LogP contribution is 2.44. The molecule has 0 spiro atoms. The van der Waals surface area contributed by atoms with Crippen LogP contribution in [0, 0.1) is 20.8 Å². The summed E-state index contributed by atoms with van der Waals surface area (Å²) in [6.45, 7) is 5.77. The van der Waals surface area contributed by atoms with Crippen LogP contribution < -0.4 is 4.90 Å². The van der Waals surface area contributed by atoms with Crippen LogP contribution in [0.25, 0.3) is 5.76 Å². The first kappa shape index (κ1) is 20.6. The van der Waals surface area contributed by atoms with Crippen LogP contribution in [0.3, 0.4) is 0 Å². The Morgan fingerprint density at radius 2 is 1.80 bits per heavy atom. The lowest BCUT2D eigenvalue weighted by Gasteiger charge is -2.26. The molecule has 1 aliphatic heterocycles. The van der Waals surface area contributed by atoms with Crippen LogP contribution in [0.5, 0.6) is 0 Å². The maximum atomic E-state index is 13.2. The van der Waals surface area contributed by atoms with Gasteiger partial charge in [-0.05, 0) is 67.1 Å². The van der Waals surface area contributed by atoms with Crippen molar-refractivity contribution < 1.29 is 14.7 Å². The maximum absolute atomic E-state index is 13.2. The number of carbonyl (C=O) groups is 2. The summed E-state index contributed by atoms with van der Waals surface area (Å²) < 4.78 is 0.907. The number of Topliss-reactive ketones (excluding diaryl/α,β-unsaturated/α-hetero) is 1. The van der Waals surface area contributed by atoms with Crippen molar-refractivity contribution >= 4 is 50.4 Å². The molecule has 0 aliphatic carbocycles. The lowest BCUT2D eigenvalue weighted by atomic mass is 9.98. The SMILES string of the molecule is Cc1ccc(C)c(N2C(=O)C(=O)/C(=C(\O)c3ccc(Br)c(C)c3)C2c2cccs2)c1. The topological polar surface area (TPSA) is 57.6 Å². The summed E-state index contributed by atoms with van der Waals surface area (Å²) in [6.07, 6.45) is 0. The van der Waals surface area contributed by atoms with Crippen molar-refractivity contribution in [1.29, 1.82) is 0 Å². The number of benzene rings is 2. The molecule has 1 aliphatic rings. The van der Waals surface area contributed by atoms with Gasteiger partial charge in [-0.1, -0.05) is 40.2 Å². The molecule has 0 radical (unpaired) electrons. The number of halogens is 1. The number of thiophene rings is 1. The van der Waals surface area contributed by atoms with Crippen molar-refractivity contribution in [3.8, 4) is 0 Å². The number of nitrogens with zero attached hydrogens (tertiary/aromatic N) is 1. The Kier molecular flexibility index (Phi) is 5.38. The van der Waals surface area contributed by atoms with Crippen LogP contribution in [0.4, 0.5) is 5.69 Å². The minimum absolute atomic E-state index is 0.116. The predicted octanol–water partition coefficient (Wildman–Crippen LogP) is 6.06. The van der Waals surface area contributed by atoms with Gasteiger partial charge in [-0.25, -0.2) is 0 Å². The fourth-order valence-electron chi connectivity index (χ4n) is 3.72. The Balaban J connectivity index is 1.96. The van der Waals surface area contributed by atoms with Crippen LogP contribution >= 0.6 is 27.3 Å². The van der Waals surface area contributed by atoms with Gasteiger partial charge in [-0.3, -0.25) is 14.5 Å². The van der Waals surface area contributed by atoms with Crippen molar-refractivity contribution in [1.82, 2.24) is 0 Å². The van der Waals surface area contributed by atoms with Crippen molar-refractivity contribution in [3.05, 3.63) is 91.1 Å². The fraction of sp³-hybridized carbons (Fsp3) is 0.167. The summed E-state index contributed by atoms with van der Waals surface area (Å²) >= 11 is 4.91. The van der Waals surface area contributed by atoms with Gasteiger partial charge in [0.25, 0.3) is 11.7 Å². The molecule has 1 N–H and O–H groups in total. The van der Waals surface area contributed by atoms with Gasteiger partial charge in [-0.2, -0.15) is 0 Å². The number of carbonyl (C=O) groups excluding carboxylic acids is 2. The van der Waals surface area contributed by atoms with E-state index < -0.39 is 17.7 Å². The van der Waals surface area contributed by atoms with E-state index in [0.29, 0.717) is 11.3 Å². The summed E-state index contributed by atoms with van der Waals surface area (Å²) in [5.41, 5.74) is 4.12. The van der Waals surface area contributed by atoms with Crippen molar-refractivity contribution in [2.24, 2.45) is 0 Å². The second-order valence-corrected chi connectivity index (χ2v) is 9.27. The molecule has 1 fully saturated rings. The quantitative estimate of drug-likeness (QED) is 0.280. The summed E-state index contributed by atoms with van der Waals surface area (Å²) in [6, 6.07) is 14.3. The van der Waals surface area contributed by atoms with E-state index in [2.05, 4.69) is 15.9 Å². The summed E-state index contributed by atoms with van der Waals surface area (Å²) in [7, 11) is 0. The zero-order chi connectivity index (χ0) is 21.6. The monoisotopic (exact) mass is 481 g/mol. The molecule has 0 saturated carbocycles. The number of rotatable bonds is 3. The molecule has 1 atom stereocenters. The van der Waals surface area contributed by atoms with Gasteiger partial charge >= 0.3 is 0 Å². The van der Waals surface area contributed by atoms with E-state index in [1.807, 2.05) is 62.5 Å². The van der Waals surface area contributed by atoms with Crippen molar-refractivity contribution in [2.75, 3.05) is 4.90 Å². The van der Waals surface area contributed by atoms with Gasteiger partial charge < -0.3 is 5.11 Å². The van der Waals surface area contributed by atoms with Gasteiger partial charge in [-0.15, -0.1) is 11.3 Å². The largest absolute Gasteiger partial charge is 0.507 e. The molecule has 152 valence electrons. The summed E-state index contributed by atoms with van der Waals surface area (Å²) in [4.78, 5) is 28.7. The number of aliphatic hydroxyl groups is 1. The van der Waals surface area contributed by atoms with E-state index in [-0.39, 0.29) is 11.3 Å². The van der Waals surface area contributed by atoms with Crippen LogP contribution in [-0.4, -0.2) is 16.8 Å². The molecule has 6 heteroatoms. The normalized spacial score (nSPS) is 18.3. The minimum atomic E-state index is -0.674. The second-order valence-electron chi connectivity index (χ2n) is 7.44. The Morgan fingerprint density at radius 3 is 2.47 bits per heavy atom. The smallest absolute Gasteiger partial charge is 0.300 e. The number of hydrogen-bond donors (Lipinski definition) is 1. The third kappa shape index (κ3) is 3.40. The van der Waals surface area contributed by atoms with E-state index >= 15 is 0 Å². The van der Waals surface area contributed by atoms with E-state index in [0.717, 1.165) is 26.0 Å². The van der Waals surface area contributed by atoms with E-state index in [9.17, 15) is 14.7 Å². The van der Waals surface area contributed by atoms with Gasteiger partial charge in [0.15, 0.2) is 0 Å². The Morgan fingerprint density at radius 1 is 1.03 bits per heavy atom. The molecule has 1 unspecified atom stereocenters. The standard InChI is InChI=1S/C24H20BrNO3S/c1-13-6-7-14(2)18(11-13)26-21(19-5-4-10-30-19)20(23(28)24(26)29)22(27)16-8-9-17(25)15(3)12-16/h4-12,21,27H,1-3H3/b22-20-. The summed E-state index contributed by atoms with van der Waals surface area (Å²) in [5, 5.41) is 13.1. The molecule has 1 aromatic heterocycles. The molecule has 2 aromatic carbocycles. The van der Waals surface area contributed by atoms with Gasteiger partial charge in [0, 0.05) is 20.6 Å². The van der Waals surface area contributed by atoms with Gasteiger partial charge in [0.05, 0.1) is 5.57 Å². The molecule has 1 amide bonds. The highest BCUT2D eigenvalue weighted by molar-refractivity contribution is 9.10. The van der Waals surface area contributed by atoms with Crippen LogP contribution in [-0.2, 0) is 9.59 Å². The van der Waals surface area contributed by atoms with Crippen LogP contribution in [0.2, 0.25) is 0 Å². The summed E-state index contributed by atoms with van der Waals surface area (Å²) in [5.74, 6) is -1.46. The number of ketones is 1. The number of aliphatic hydroxyl groups excluding tert-OH is 1. The highest BCUT2D eigenvalue weighted by Gasteiger charge is 2.47. The van der Waals surface area contributed by atoms with Gasteiger partial charge in [0.1, 0.15) is 11.8 Å². The Hall–Kier alpha value is -2.70. The van der Waals surface area contributed by atoms with E-state index in [4.69, 9.17) is 0 Å². The van der Waals surface area contributed by atoms with Crippen molar-refractivity contribution in [2.45, 2.75) is 26.8 Å². The highest BCUT2D eigenvalue weighted by atomic mass is 79.9. The molecule has 0 bridgehead atoms. The molecule has 4 nitrogen and oxygen atoms in total. The molecule has 1 saturated heterocycles. The number of hydrogen-bond acceptors (Lipinski definition) is 4. The van der Waals surface area contributed by atoms with Crippen LogP contribution in [0.1, 0.15) is 33.2 Å². The van der Waals surface area contributed by atoms with Crippen molar-refractivity contribution in [3.63, 3.8) is 0 Å². The zero-order valence-corrected chi connectivity index (χ0v) is 19.2. The maximum Gasteiger partial charge on any atom is 0.300 e. The zero-order valence-electron chi connectivity index (χ0n) is 16.8. The Bertz CT molecular complexity index is 1200. The fourth-order valence-corrected chi connectivity index (χ4v) is 4.79.